The summed E-state index contributed by atoms with van der Waals surface area (Å²) in [5, 5.41) is 12.5. The molecule has 1 aliphatic rings. The van der Waals surface area contributed by atoms with Crippen molar-refractivity contribution in [2.24, 2.45) is 0 Å². The van der Waals surface area contributed by atoms with E-state index in [9.17, 15) is 41.0 Å². The Hall–Kier alpha value is -4.10. The number of rotatable bonds is 7. The third-order valence-electron chi connectivity index (χ3n) is 6.61. The summed E-state index contributed by atoms with van der Waals surface area (Å²) >= 11 is 0. The lowest BCUT2D eigenvalue weighted by atomic mass is 9.94. The molecule has 2 amide bonds. The van der Waals surface area contributed by atoms with E-state index >= 15 is 0 Å². The molecular formula is C27H21F6N3O4. The van der Waals surface area contributed by atoms with Gasteiger partial charge < -0.3 is 19.4 Å². The first-order chi connectivity index (χ1) is 18.8. The average molecular weight is 565 g/mol. The van der Waals surface area contributed by atoms with Gasteiger partial charge in [-0.25, -0.2) is 0 Å². The molecule has 210 valence electrons. The molecule has 0 spiro atoms. The first kappa shape index (κ1) is 27.5. The zero-order chi connectivity index (χ0) is 29.0. The molecule has 4 aromatic rings. The molecule has 1 aliphatic heterocycles. The van der Waals surface area contributed by atoms with Crippen molar-refractivity contribution in [3.8, 4) is 0 Å². The second kappa shape index (κ2) is 9.82. The number of hydrogen-bond donors (Lipinski definition) is 3. The normalized spacial score (nSPS) is 15.5. The fourth-order valence-corrected chi connectivity index (χ4v) is 4.83. The van der Waals surface area contributed by atoms with Crippen molar-refractivity contribution >= 4 is 44.8 Å². The van der Waals surface area contributed by atoms with Gasteiger partial charge in [0.2, 0.25) is 0 Å². The molecule has 0 saturated heterocycles. The van der Waals surface area contributed by atoms with E-state index in [0.29, 0.717) is 6.61 Å². The number of benzene rings is 2. The number of H-pyrrole nitrogens is 1. The number of carbonyl (C=O) groups is 2. The average Bonchev–Trinajstić information content (AvgIpc) is 3.53. The Morgan fingerprint density at radius 2 is 1.50 bits per heavy atom. The molecule has 2 aromatic carbocycles. The quantitative estimate of drug-likeness (QED) is 0.214. The number of carbonyl (C=O) groups excluding carboxylic acids is 2. The lowest BCUT2D eigenvalue weighted by molar-refractivity contribution is -0.138. The van der Waals surface area contributed by atoms with Crippen molar-refractivity contribution in [2.45, 2.75) is 31.9 Å². The Labute approximate surface area is 222 Å². The van der Waals surface area contributed by atoms with E-state index in [1.807, 2.05) is 0 Å². The number of aliphatic hydroxyl groups is 1. The fourth-order valence-electron chi connectivity index (χ4n) is 4.83. The molecule has 3 heterocycles. The summed E-state index contributed by atoms with van der Waals surface area (Å²) in [5.41, 5.74) is -2.18. The van der Waals surface area contributed by atoms with Crippen molar-refractivity contribution in [1.82, 2.24) is 14.9 Å². The lowest BCUT2D eigenvalue weighted by Crippen LogP contribution is -2.22. The summed E-state index contributed by atoms with van der Waals surface area (Å²) < 4.78 is 87.8. The standard InChI is InChI=1S/C27H21F6N3O4/c1-2-40-12-15(37)10-36-11-19(17-8-14(27(31,32)33)4-6-21(17)36)23-22(24(38)35-25(23)39)18-9-34-20-5-3-13(7-16(18)20)26(28,29)30/h3-9,11,15,34,37H,2,10,12H2,1H3,(H,35,38,39). The highest BCUT2D eigenvalue weighted by molar-refractivity contribution is 6.50. The van der Waals surface area contributed by atoms with Gasteiger partial charge >= 0.3 is 12.4 Å². The highest BCUT2D eigenvalue weighted by Crippen LogP contribution is 2.41. The molecule has 0 aliphatic carbocycles. The van der Waals surface area contributed by atoms with Gasteiger partial charge in [-0.1, -0.05) is 0 Å². The van der Waals surface area contributed by atoms with Gasteiger partial charge in [0.25, 0.3) is 11.8 Å². The van der Waals surface area contributed by atoms with Gasteiger partial charge in [0, 0.05) is 51.9 Å². The minimum atomic E-state index is -4.72. The van der Waals surface area contributed by atoms with Crippen LogP contribution in [0, 0.1) is 0 Å². The number of nitrogens with zero attached hydrogens (tertiary/aromatic N) is 1. The number of aromatic nitrogens is 2. The van der Waals surface area contributed by atoms with E-state index in [1.165, 1.54) is 29.1 Å². The molecule has 1 atom stereocenters. The number of fused-ring (bicyclic) bond motifs is 2. The summed E-state index contributed by atoms with van der Waals surface area (Å²) in [6, 6.07) is 5.73. The Morgan fingerprint density at radius 1 is 0.900 bits per heavy atom. The van der Waals surface area contributed by atoms with Crippen LogP contribution in [-0.2, 0) is 33.2 Å². The number of halogens is 6. The number of nitrogens with one attached hydrogen (secondary N) is 2. The van der Waals surface area contributed by atoms with Gasteiger partial charge in [0.15, 0.2) is 0 Å². The molecule has 7 nitrogen and oxygen atoms in total. The summed E-state index contributed by atoms with van der Waals surface area (Å²) in [5.74, 6) is -1.84. The molecule has 0 fully saturated rings. The van der Waals surface area contributed by atoms with Gasteiger partial charge in [0.1, 0.15) is 0 Å². The molecule has 5 rings (SSSR count). The third kappa shape index (κ3) is 4.86. The van der Waals surface area contributed by atoms with Crippen molar-refractivity contribution in [3.05, 3.63) is 71.0 Å². The van der Waals surface area contributed by atoms with Crippen molar-refractivity contribution in [2.75, 3.05) is 13.2 Å². The second-order valence-corrected chi connectivity index (χ2v) is 9.23. The van der Waals surface area contributed by atoms with E-state index in [0.717, 1.165) is 24.3 Å². The van der Waals surface area contributed by atoms with E-state index in [-0.39, 0.29) is 57.2 Å². The van der Waals surface area contributed by atoms with Crippen LogP contribution in [0.2, 0.25) is 0 Å². The smallest absolute Gasteiger partial charge is 0.389 e. The summed E-state index contributed by atoms with van der Waals surface area (Å²) in [6.45, 7) is 1.88. The lowest BCUT2D eigenvalue weighted by Gasteiger charge is -2.13. The van der Waals surface area contributed by atoms with Gasteiger partial charge in [-0.2, -0.15) is 26.3 Å². The molecular weight excluding hydrogens is 544 g/mol. The van der Waals surface area contributed by atoms with Gasteiger partial charge in [-0.05, 0) is 43.3 Å². The molecule has 1 unspecified atom stereocenters. The summed E-state index contributed by atoms with van der Waals surface area (Å²) in [4.78, 5) is 28.8. The second-order valence-electron chi connectivity index (χ2n) is 9.23. The first-order valence-corrected chi connectivity index (χ1v) is 12.0. The molecule has 40 heavy (non-hydrogen) atoms. The fraction of sp³-hybridized carbons (Fsp3) is 0.259. The van der Waals surface area contributed by atoms with Crippen LogP contribution < -0.4 is 5.32 Å². The summed E-state index contributed by atoms with van der Waals surface area (Å²) in [7, 11) is 0. The Morgan fingerprint density at radius 3 is 2.12 bits per heavy atom. The Kier molecular flexibility index (Phi) is 6.74. The number of aromatic amines is 1. The number of ether oxygens (including phenoxy) is 1. The third-order valence-corrected chi connectivity index (χ3v) is 6.61. The SMILES string of the molecule is CCOCC(O)Cn1cc(C2=C(c3c[nH]c4ccc(C(F)(F)F)cc34)C(=O)NC2=O)c2cc(C(F)(F)F)ccc21. The Balaban J connectivity index is 1.76. The van der Waals surface area contributed by atoms with Gasteiger partial charge in [-0.3, -0.25) is 14.9 Å². The molecule has 0 saturated carbocycles. The zero-order valence-corrected chi connectivity index (χ0v) is 20.7. The maximum Gasteiger partial charge on any atom is 0.416 e. The molecule has 0 bridgehead atoms. The monoisotopic (exact) mass is 565 g/mol. The topological polar surface area (TPSA) is 96.3 Å². The van der Waals surface area contributed by atoms with Crippen molar-refractivity contribution in [3.63, 3.8) is 0 Å². The Bertz CT molecular complexity index is 1680. The molecule has 13 heteroatoms. The molecule has 0 radical (unpaired) electrons. The molecule has 3 N–H and O–H groups in total. The molecule has 2 aromatic heterocycles. The number of amides is 2. The van der Waals surface area contributed by atoms with Crippen LogP contribution in [-0.4, -0.2) is 45.8 Å². The van der Waals surface area contributed by atoms with Crippen LogP contribution in [0.5, 0.6) is 0 Å². The van der Waals surface area contributed by atoms with Crippen LogP contribution in [0.3, 0.4) is 0 Å². The number of hydrogen-bond acceptors (Lipinski definition) is 4. The summed E-state index contributed by atoms with van der Waals surface area (Å²) in [6.07, 6.45) is -7.85. The van der Waals surface area contributed by atoms with Gasteiger partial charge in [-0.15, -0.1) is 0 Å². The minimum absolute atomic E-state index is 0.000898. The number of alkyl halides is 6. The highest BCUT2D eigenvalue weighted by Gasteiger charge is 2.37. The van der Waals surface area contributed by atoms with Crippen LogP contribution in [0.15, 0.2) is 48.8 Å². The highest BCUT2D eigenvalue weighted by atomic mass is 19.4. The predicted molar refractivity (Wildman–Crippen MR) is 133 cm³/mol. The van der Waals surface area contributed by atoms with Crippen molar-refractivity contribution < 1.29 is 45.8 Å². The largest absolute Gasteiger partial charge is 0.416 e. The maximum absolute atomic E-state index is 13.6. The van der Waals surface area contributed by atoms with E-state index in [4.69, 9.17) is 4.74 Å². The van der Waals surface area contributed by atoms with E-state index in [2.05, 4.69) is 10.3 Å². The maximum atomic E-state index is 13.6. The van der Waals surface area contributed by atoms with Crippen molar-refractivity contribution in [1.29, 1.82) is 0 Å². The van der Waals surface area contributed by atoms with Crippen LogP contribution in [0.1, 0.15) is 29.2 Å². The van der Waals surface area contributed by atoms with Crippen LogP contribution in [0.25, 0.3) is 33.0 Å². The number of imide groups is 1. The van der Waals surface area contributed by atoms with E-state index < -0.39 is 41.4 Å². The van der Waals surface area contributed by atoms with Crippen LogP contribution in [0.4, 0.5) is 26.3 Å². The van der Waals surface area contributed by atoms with E-state index in [1.54, 1.807) is 6.92 Å². The number of aliphatic hydroxyl groups excluding tert-OH is 1. The van der Waals surface area contributed by atoms with Crippen LogP contribution >= 0.6 is 0 Å². The zero-order valence-electron chi connectivity index (χ0n) is 20.7. The minimum Gasteiger partial charge on any atom is -0.389 e. The van der Waals surface area contributed by atoms with Gasteiger partial charge in [0.05, 0.1) is 41.5 Å². The first-order valence-electron chi connectivity index (χ1n) is 12.0. The predicted octanol–water partition coefficient (Wildman–Crippen LogP) is 5.12.